The van der Waals surface area contributed by atoms with Gasteiger partial charge in [0.25, 0.3) is 0 Å². The van der Waals surface area contributed by atoms with Gasteiger partial charge >= 0.3 is 0 Å². The van der Waals surface area contributed by atoms with Gasteiger partial charge in [-0.25, -0.2) is 14.4 Å². The van der Waals surface area contributed by atoms with E-state index in [1.54, 1.807) is 18.5 Å². The van der Waals surface area contributed by atoms with E-state index in [9.17, 15) is 4.39 Å². The van der Waals surface area contributed by atoms with Crippen LogP contribution in [-0.4, -0.2) is 27.2 Å². The van der Waals surface area contributed by atoms with Crippen LogP contribution in [-0.2, 0) is 6.54 Å². The van der Waals surface area contributed by atoms with Crippen molar-refractivity contribution in [2.45, 2.75) is 6.54 Å². The number of anilines is 1. The zero-order chi connectivity index (χ0) is 15.8. The van der Waals surface area contributed by atoms with Gasteiger partial charge in [-0.2, -0.15) is 0 Å². The Balaban J connectivity index is 1.72. The maximum Gasteiger partial charge on any atom is 0.170 e. The molecule has 0 saturated heterocycles. The Hall–Kier alpha value is -3.09. The van der Waals surface area contributed by atoms with Crippen LogP contribution in [0.5, 0.6) is 0 Å². The van der Waals surface area contributed by atoms with Gasteiger partial charge in [0.05, 0.1) is 18.3 Å². The van der Waals surface area contributed by atoms with Crippen LogP contribution in [0, 0.1) is 5.82 Å². The van der Waals surface area contributed by atoms with E-state index in [1.165, 1.54) is 18.5 Å². The predicted octanol–water partition coefficient (Wildman–Crippen LogP) is 2.94. The van der Waals surface area contributed by atoms with E-state index in [0.717, 1.165) is 27.8 Å². The Morgan fingerprint density at radius 2 is 2.09 bits per heavy atom. The molecule has 6 nitrogen and oxygen atoms in total. The van der Waals surface area contributed by atoms with Crippen molar-refractivity contribution in [2.75, 3.05) is 11.9 Å². The second-order valence-electron chi connectivity index (χ2n) is 5.22. The number of fused-ring (bicyclic) bond motifs is 2. The molecule has 0 amide bonds. The lowest BCUT2D eigenvalue weighted by Crippen LogP contribution is -2.18. The van der Waals surface area contributed by atoms with Gasteiger partial charge < -0.3 is 9.42 Å². The van der Waals surface area contributed by atoms with Gasteiger partial charge in [-0.15, -0.1) is 0 Å². The number of aromatic nitrogens is 4. The molecule has 0 aliphatic heterocycles. The smallest absolute Gasteiger partial charge is 0.170 e. The van der Waals surface area contributed by atoms with E-state index in [0.29, 0.717) is 12.1 Å². The fourth-order valence-corrected chi connectivity index (χ4v) is 2.57. The van der Waals surface area contributed by atoms with Crippen LogP contribution < -0.4 is 4.90 Å². The van der Waals surface area contributed by atoms with E-state index in [1.807, 2.05) is 18.0 Å². The van der Waals surface area contributed by atoms with Crippen LogP contribution in [0.15, 0.2) is 47.5 Å². The molecule has 7 heteroatoms. The number of rotatable bonds is 3. The molecular weight excluding hydrogens is 297 g/mol. The summed E-state index contributed by atoms with van der Waals surface area (Å²) in [5.74, 6) is 0.429. The molecule has 0 spiro atoms. The van der Waals surface area contributed by atoms with Crippen molar-refractivity contribution >= 4 is 27.7 Å². The molecule has 114 valence electrons. The second kappa shape index (κ2) is 5.28. The molecule has 3 aromatic heterocycles. The summed E-state index contributed by atoms with van der Waals surface area (Å²) in [6.45, 7) is 0.479. The molecule has 4 aromatic rings. The van der Waals surface area contributed by atoms with Crippen molar-refractivity contribution < 1.29 is 8.91 Å². The normalized spacial score (nSPS) is 11.2. The first-order valence-electron chi connectivity index (χ1n) is 7.02. The van der Waals surface area contributed by atoms with Crippen LogP contribution in [0.1, 0.15) is 5.69 Å². The first kappa shape index (κ1) is 13.6. The second-order valence-corrected chi connectivity index (χ2v) is 5.22. The molecule has 0 bridgehead atoms. The largest absolute Gasteiger partial charge is 0.356 e. The molecule has 1 aromatic carbocycles. The lowest BCUT2D eigenvalue weighted by Gasteiger charge is -2.18. The van der Waals surface area contributed by atoms with Crippen LogP contribution in [0.25, 0.3) is 21.9 Å². The van der Waals surface area contributed by atoms with Crippen LogP contribution in [0.2, 0.25) is 0 Å². The lowest BCUT2D eigenvalue weighted by molar-refractivity contribution is 0.444. The first-order chi connectivity index (χ1) is 11.2. The predicted molar refractivity (Wildman–Crippen MR) is 83.4 cm³/mol. The molecule has 0 N–H and O–H groups in total. The quantitative estimate of drug-likeness (QED) is 0.579. The van der Waals surface area contributed by atoms with E-state index < -0.39 is 0 Å². The Labute approximate surface area is 130 Å². The molecule has 0 aliphatic rings. The van der Waals surface area contributed by atoms with E-state index >= 15 is 0 Å². The van der Waals surface area contributed by atoms with E-state index in [-0.39, 0.29) is 5.82 Å². The monoisotopic (exact) mass is 309 g/mol. The molecule has 0 saturated carbocycles. The number of halogens is 1. The standard InChI is InChI=1S/C16H12FN5O/c1-22(16-12-4-5-18-7-13(12)19-9-20-16)8-14-11-3-2-10(17)6-15(11)23-21-14/h2-7,9H,8H2,1H3. The van der Waals surface area contributed by atoms with Gasteiger partial charge in [-0.3, -0.25) is 4.98 Å². The highest BCUT2D eigenvalue weighted by Crippen LogP contribution is 2.25. The molecule has 0 fully saturated rings. The number of nitrogens with zero attached hydrogens (tertiary/aromatic N) is 5. The van der Waals surface area contributed by atoms with Crippen molar-refractivity contribution in [2.24, 2.45) is 0 Å². The highest BCUT2D eigenvalue weighted by atomic mass is 19.1. The average Bonchev–Trinajstić information content (AvgIpc) is 2.96. The van der Waals surface area contributed by atoms with Gasteiger partial charge in [0.2, 0.25) is 0 Å². The number of benzene rings is 1. The van der Waals surface area contributed by atoms with Crippen LogP contribution >= 0.6 is 0 Å². The minimum Gasteiger partial charge on any atom is -0.356 e. The van der Waals surface area contributed by atoms with Gasteiger partial charge in [0.1, 0.15) is 23.7 Å². The lowest BCUT2D eigenvalue weighted by atomic mass is 10.2. The number of hydrogen-bond acceptors (Lipinski definition) is 6. The van der Waals surface area contributed by atoms with Crippen molar-refractivity contribution in [1.29, 1.82) is 0 Å². The van der Waals surface area contributed by atoms with Crippen molar-refractivity contribution in [1.82, 2.24) is 20.1 Å². The highest BCUT2D eigenvalue weighted by Gasteiger charge is 2.14. The fourth-order valence-electron chi connectivity index (χ4n) is 2.57. The molecule has 4 rings (SSSR count). The van der Waals surface area contributed by atoms with Crippen LogP contribution in [0.4, 0.5) is 10.2 Å². The summed E-state index contributed by atoms with van der Waals surface area (Å²) in [7, 11) is 1.91. The minimum absolute atomic E-state index is 0.345. The molecule has 0 atom stereocenters. The molecule has 0 unspecified atom stereocenters. The fraction of sp³-hybridized carbons (Fsp3) is 0.125. The maximum atomic E-state index is 13.2. The third-order valence-electron chi connectivity index (χ3n) is 3.68. The summed E-state index contributed by atoms with van der Waals surface area (Å²) in [4.78, 5) is 14.6. The number of pyridine rings is 1. The Morgan fingerprint density at radius 1 is 1.17 bits per heavy atom. The van der Waals surface area contributed by atoms with E-state index in [2.05, 4.69) is 20.1 Å². The highest BCUT2D eigenvalue weighted by molar-refractivity contribution is 5.88. The van der Waals surface area contributed by atoms with Crippen molar-refractivity contribution in [3.63, 3.8) is 0 Å². The Bertz CT molecular complexity index is 995. The molecule has 0 aliphatic carbocycles. The topological polar surface area (TPSA) is 67.9 Å². The van der Waals surface area contributed by atoms with Crippen LogP contribution in [0.3, 0.4) is 0 Å². The zero-order valence-electron chi connectivity index (χ0n) is 12.3. The molecular formula is C16H12FN5O. The Morgan fingerprint density at radius 3 is 3.00 bits per heavy atom. The number of hydrogen-bond donors (Lipinski definition) is 0. The molecule has 3 heterocycles. The third-order valence-corrected chi connectivity index (χ3v) is 3.68. The molecule has 0 radical (unpaired) electrons. The Kier molecular flexibility index (Phi) is 3.11. The van der Waals surface area contributed by atoms with Crippen molar-refractivity contribution in [3.8, 4) is 0 Å². The zero-order valence-corrected chi connectivity index (χ0v) is 12.3. The van der Waals surface area contributed by atoms with Gasteiger partial charge in [-0.05, 0) is 18.2 Å². The maximum absolute atomic E-state index is 13.2. The summed E-state index contributed by atoms with van der Waals surface area (Å²) in [5, 5.41) is 5.74. The SMILES string of the molecule is CN(Cc1noc2cc(F)ccc12)c1ncnc2cnccc12. The van der Waals surface area contributed by atoms with Gasteiger partial charge in [-0.1, -0.05) is 5.16 Å². The summed E-state index contributed by atoms with van der Waals surface area (Å²) in [6, 6.07) is 6.27. The summed E-state index contributed by atoms with van der Waals surface area (Å²) < 4.78 is 18.4. The average molecular weight is 309 g/mol. The molecule has 23 heavy (non-hydrogen) atoms. The minimum atomic E-state index is -0.345. The van der Waals surface area contributed by atoms with Gasteiger partial charge in [0, 0.05) is 30.1 Å². The van der Waals surface area contributed by atoms with Gasteiger partial charge in [0.15, 0.2) is 5.58 Å². The van der Waals surface area contributed by atoms with E-state index in [4.69, 9.17) is 4.52 Å². The summed E-state index contributed by atoms with van der Waals surface area (Å²) >= 11 is 0. The first-order valence-corrected chi connectivity index (χ1v) is 7.02. The van der Waals surface area contributed by atoms with Crippen molar-refractivity contribution in [3.05, 3.63) is 54.5 Å². The third kappa shape index (κ3) is 2.36. The summed E-state index contributed by atoms with van der Waals surface area (Å²) in [5.41, 5.74) is 1.94. The summed E-state index contributed by atoms with van der Waals surface area (Å²) in [6.07, 6.45) is 4.91.